The number of aromatic nitrogens is 1. The Labute approximate surface area is 169 Å². The first kappa shape index (κ1) is 20.9. The van der Waals surface area contributed by atoms with Crippen molar-refractivity contribution in [2.24, 2.45) is 5.92 Å². The van der Waals surface area contributed by atoms with Gasteiger partial charge in [-0.05, 0) is 30.0 Å². The van der Waals surface area contributed by atoms with E-state index in [9.17, 15) is 18.3 Å². The molecule has 2 unspecified atom stereocenters. The van der Waals surface area contributed by atoms with Crippen molar-refractivity contribution >= 4 is 33.1 Å². The number of amides is 1. The lowest BCUT2D eigenvalue weighted by Crippen LogP contribution is -2.23. The number of anilines is 1. The second-order valence-electron chi connectivity index (χ2n) is 7.06. The van der Waals surface area contributed by atoms with E-state index in [1.165, 1.54) is 17.4 Å². The third-order valence-corrected chi connectivity index (χ3v) is 6.59. The predicted molar refractivity (Wildman–Crippen MR) is 107 cm³/mol. The van der Waals surface area contributed by atoms with Crippen LogP contribution < -0.4 is 5.32 Å². The zero-order valence-electron chi connectivity index (χ0n) is 15.3. The van der Waals surface area contributed by atoms with Gasteiger partial charge in [0.1, 0.15) is 6.10 Å². The van der Waals surface area contributed by atoms with Gasteiger partial charge >= 0.3 is 0 Å². The molecule has 1 amide bonds. The van der Waals surface area contributed by atoms with E-state index >= 15 is 0 Å². The summed E-state index contributed by atoms with van der Waals surface area (Å²) >= 11 is 1.17. The van der Waals surface area contributed by atoms with E-state index in [-0.39, 0.29) is 10.8 Å². The number of hydrogen-bond acceptors (Lipinski definition) is 7. The molecule has 2 atom stereocenters. The highest BCUT2D eigenvalue weighted by Gasteiger charge is 2.27. The van der Waals surface area contributed by atoms with Gasteiger partial charge in [0.25, 0.3) is 0 Å². The van der Waals surface area contributed by atoms with E-state index in [1.807, 2.05) is 0 Å². The molecule has 0 saturated heterocycles. The fourth-order valence-electron chi connectivity index (χ4n) is 3.61. The molecule has 2 aromatic rings. The lowest BCUT2D eigenvalue weighted by molar-refractivity contribution is -0.118. The molecule has 1 aliphatic carbocycles. The maximum atomic E-state index is 13.0. The van der Waals surface area contributed by atoms with Gasteiger partial charge in [-0.2, -0.15) is 0 Å². The molecule has 0 radical (unpaired) electrons. The van der Waals surface area contributed by atoms with Gasteiger partial charge in [0, 0.05) is 5.38 Å². The molecule has 3 rings (SSSR count). The number of hydrogen-bond donors (Lipinski definition) is 4. The Morgan fingerprint density at radius 1 is 1.32 bits per heavy atom. The Kier molecular flexibility index (Phi) is 7.17. The summed E-state index contributed by atoms with van der Waals surface area (Å²) in [6, 6.07) is 6.52. The fraction of sp³-hybridized carbons (Fsp3) is 0.474. The summed E-state index contributed by atoms with van der Waals surface area (Å²) in [5, 5.41) is 23.4. The Bertz CT molecular complexity index is 882. The molecule has 3 N–H and O–H groups in total. The first-order chi connectivity index (χ1) is 13.5. The predicted octanol–water partition coefficient (Wildman–Crippen LogP) is 2.44. The van der Waals surface area contributed by atoms with Gasteiger partial charge in [-0.25, -0.2) is 13.4 Å². The van der Waals surface area contributed by atoms with Crippen LogP contribution in [-0.2, 0) is 15.5 Å². The van der Waals surface area contributed by atoms with Crippen LogP contribution in [0.5, 0.6) is 0 Å². The largest absolute Gasteiger partial charge is 0.393 e. The molecule has 7 nitrogen and oxygen atoms in total. The van der Waals surface area contributed by atoms with Crippen LogP contribution >= 0.6 is 11.3 Å². The third-order valence-electron chi connectivity index (χ3n) is 5.11. The molecule has 9 heteroatoms. The SMILES string of the molecule is O=C(Nc1nc(C(O)CO)cs1)C(CC1CCCC1)c1cccc([SH](=O)=O)c1. The summed E-state index contributed by atoms with van der Waals surface area (Å²) in [6.45, 7) is -0.443. The first-order valence-electron chi connectivity index (χ1n) is 9.27. The van der Waals surface area contributed by atoms with Crippen LogP contribution in [0.15, 0.2) is 34.5 Å². The molecule has 28 heavy (non-hydrogen) atoms. The summed E-state index contributed by atoms with van der Waals surface area (Å²) < 4.78 is 22.7. The van der Waals surface area contributed by atoms with E-state index in [0.29, 0.717) is 28.7 Å². The van der Waals surface area contributed by atoms with Gasteiger partial charge in [-0.3, -0.25) is 4.79 Å². The maximum Gasteiger partial charge on any atom is 0.233 e. The summed E-state index contributed by atoms with van der Waals surface area (Å²) in [5.74, 6) is -0.291. The van der Waals surface area contributed by atoms with Gasteiger partial charge in [0.2, 0.25) is 5.91 Å². The lowest BCUT2D eigenvalue weighted by atomic mass is 9.87. The monoisotopic (exact) mass is 424 g/mol. The number of aliphatic hydroxyl groups is 2. The highest BCUT2D eigenvalue weighted by Crippen LogP contribution is 2.35. The third kappa shape index (κ3) is 5.16. The van der Waals surface area contributed by atoms with Crippen molar-refractivity contribution in [1.82, 2.24) is 4.98 Å². The number of carbonyl (C=O) groups excluding carboxylic acids is 1. The average Bonchev–Trinajstić information content (AvgIpc) is 3.37. The number of rotatable bonds is 8. The maximum absolute atomic E-state index is 13.0. The van der Waals surface area contributed by atoms with Crippen LogP contribution in [0.2, 0.25) is 0 Å². The molecule has 1 heterocycles. The second-order valence-corrected chi connectivity index (χ2v) is 8.94. The standard InChI is InChI=1S/C19H24N2O5S2/c22-10-17(23)16-11-27-19(20-16)21-18(24)15(8-12-4-1-2-5-12)13-6-3-7-14(9-13)28(25)26/h3,6-7,9,11-12,15,17,22-23,28H,1-2,4-5,8,10H2,(H,20,21,24). The van der Waals surface area contributed by atoms with Gasteiger partial charge in [-0.15, -0.1) is 11.3 Å². The second kappa shape index (κ2) is 9.60. The quantitative estimate of drug-likeness (QED) is 0.484. The molecule has 1 aromatic carbocycles. The Morgan fingerprint density at radius 2 is 2.07 bits per heavy atom. The van der Waals surface area contributed by atoms with E-state index in [4.69, 9.17) is 5.11 Å². The Hall–Kier alpha value is -1.81. The Morgan fingerprint density at radius 3 is 2.75 bits per heavy atom. The van der Waals surface area contributed by atoms with Crippen molar-refractivity contribution in [3.8, 4) is 0 Å². The molecule has 0 aliphatic heterocycles. The summed E-state index contributed by atoms with van der Waals surface area (Å²) in [6.07, 6.45) is 4.02. The van der Waals surface area contributed by atoms with Gasteiger partial charge in [-0.1, -0.05) is 37.8 Å². The Balaban J connectivity index is 1.82. The molecule has 0 spiro atoms. The van der Waals surface area contributed by atoms with Crippen LogP contribution in [0.25, 0.3) is 0 Å². The van der Waals surface area contributed by atoms with Crippen molar-refractivity contribution in [2.75, 3.05) is 11.9 Å². The minimum atomic E-state index is -2.72. The number of carbonyl (C=O) groups is 1. The molecule has 1 fully saturated rings. The number of benzene rings is 1. The average molecular weight is 425 g/mol. The molecular formula is C19H24N2O5S2. The van der Waals surface area contributed by atoms with E-state index in [0.717, 1.165) is 25.7 Å². The molecule has 152 valence electrons. The topological polar surface area (TPSA) is 117 Å². The molecule has 1 aromatic heterocycles. The van der Waals surface area contributed by atoms with Crippen LogP contribution in [0, 0.1) is 5.92 Å². The molecule has 1 aliphatic rings. The van der Waals surface area contributed by atoms with Gasteiger partial charge < -0.3 is 15.5 Å². The zero-order chi connectivity index (χ0) is 20.1. The van der Waals surface area contributed by atoms with Crippen molar-refractivity contribution in [3.05, 3.63) is 40.9 Å². The van der Waals surface area contributed by atoms with Crippen molar-refractivity contribution in [2.45, 2.75) is 49.0 Å². The number of nitrogens with one attached hydrogen (secondary N) is 1. The van der Waals surface area contributed by atoms with Crippen LogP contribution in [0.4, 0.5) is 5.13 Å². The van der Waals surface area contributed by atoms with Crippen LogP contribution in [-0.4, -0.2) is 36.1 Å². The summed E-state index contributed by atoms with van der Waals surface area (Å²) in [7, 11) is -2.72. The lowest BCUT2D eigenvalue weighted by Gasteiger charge is -2.20. The molecule has 1 saturated carbocycles. The first-order valence-corrected chi connectivity index (χ1v) is 11.3. The number of thiol groups is 1. The van der Waals surface area contributed by atoms with Crippen molar-refractivity contribution in [3.63, 3.8) is 0 Å². The van der Waals surface area contributed by atoms with Gasteiger partial charge in [0.15, 0.2) is 15.8 Å². The van der Waals surface area contributed by atoms with E-state index < -0.39 is 29.3 Å². The minimum absolute atomic E-state index is 0.194. The molecule has 0 bridgehead atoms. The minimum Gasteiger partial charge on any atom is -0.393 e. The highest BCUT2D eigenvalue weighted by molar-refractivity contribution is 7.72. The van der Waals surface area contributed by atoms with Gasteiger partial charge in [0.05, 0.1) is 23.1 Å². The van der Waals surface area contributed by atoms with Crippen molar-refractivity contribution in [1.29, 1.82) is 0 Å². The summed E-state index contributed by atoms with van der Waals surface area (Å²) in [5.41, 5.74) is 0.980. The van der Waals surface area contributed by atoms with E-state index in [1.54, 1.807) is 23.6 Å². The van der Waals surface area contributed by atoms with Crippen LogP contribution in [0.3, 0.4) is 0 Å². The summed E-state index contributed by atoms with van der Waals surface area (Å²) in [4.78, 5) is 17.4. The smallest absolute Gasteiger partial charge is 0.233 e. The van der Waals surface area contributed by atoms with E-state index in [2.05, 4.69) is 10.3 Å². The van der Waals surface area contributed by atoms with Crippen molar-refractivity contribution < 1.29 is 23.4 Å². The normalized spacial score (nSPS) is 17.0. The number of nitrogens with zero attached hydrogens (tertiary/aromatic N) is 1. The molecular weight excluding hydrogens is 400 g/mol. The van der Waals surface area contributed by atoms with Crippen LogP contribution in [0.1, 0.15) is 55.4 Å². The number of thiazole rings is 1. The fourth-order valence-corrected chi connectivity index (χ4v) is 4.83. The zero-order valence-corrected chi connectivity index (χ0v) is 17.0. The number of aliphatic hydroxyl groups excluding tert-OH is 2. The highest BCUT2D eigenvalue weighted by atomic mass is 32.2.